The molecule has 0 aliphatic carbocycles. The van der Waals surface area contributed by atoms with E-state index in [0.29, 0.717) is 5.69 Å². The minimum Gasteiger partial charge on any atom is -0.240 e. The molecule has 4 nitrogen and oxygen atoms in total. The average molecular weight is 289 g/mol. The molecule has 7 heteroatoms. The van der Waals surface area contributed by atoms with Crippen LogP contribution in [-0.4, -0.2) is 18.4 Å². The van der Waals surface area contributed by atoms with Crippen molar-refractivity contribution in [3.05, 3.63) is 39.4 Å². The fourth-order valence-corrected chi connectivity index (χ4v) is 3.70. The van der Waals surface area contributed by atoms with Crippen LogP contribution in [0.15, 0.2) is 28.6 Å². The molecule has 0 fully saturated rings. The minimum atomic E-state index is -3.43. The highest BCUT2D eigenvalue weighted by atomic mass is 35.5. The quantitative estimate of drug-likeness (QED) is 0.814. The number of sulfone groups is 1. The smallest absolute Gasteiger partial charge is 0.202 e. The third-order valence-corrected chi connectivity index (χ3v) is 4.68. The Hall–Kier alpha value is -0.980. The van der Waals surface area contributed by atoms with Gasteiger partial charge in [-0.1, -0.05) is 17.7 Å². The second kappa shape index (κ2) is 4.72. The van der Waals surface area contributed by atoms with E-state index < -0.39 is 9.84 Å². The zero-order valence-electron chi connectivity index (χ0n) is 8.92. The standard InChI is InChI=1S/C10H9ClN2O2S2/c1-7-12-10(5-16-7)17(14,15)6-8-3-2-4-9(11)13-8/h2-5H,6H2,1H3. The highest BCUT2D eigenvalue weighted by molar-refractivity contribution is 7.90. The molecule has 0 aliphatic rings. The van der Waals surface area contributed by atoms with Gasteiger partial charge in [-0.2, -0.15) is 0 Å². The van der Waals surface area contributed by atoms with Crippen LogP contribution in [0.1, 0.15) is 10.7 Å². The van der Waals surface area contributed by atoms with E-state index in [0.717, 1.165) is 5.01 Å². The molecule has 0 atom stereocenters. The molecule has 0 aliphatic heterocycles. The van der Waals surface area contributed by atoms with E-state index in [9.17, 15) is 8.42 Å². The number of hydrogen-bond acceptors (Lipinski definition) is 5. The van der Waals surface area contributed by atoms with Gasteiger partial charge >= 0.3 is 0 Å². The first-order chi connectivity index (χ1) is 7.97. The number of hydrogen-bond donors (Lipinski definition) is 0. The Morgan fingerprint density at radius 1 is 1.35 bits per heavy atom. The van der Waals surface area contributed by atoms with Gasteiger partial charge in [-0.15, -0.1) is 11.3 Å². The van der Waals surface area contributed by atoms with Crippen molar-refractivity contribution in [2.75, 3.05) is 0 Å². The minimum absolute atomic E-state index is 0.0989. The van der Waals surface area contributed by atoms with Gasteiger partial charge in [-0.05, 0) is 19.1 Å². The summed E-state index contributed by atoms with van der Waals surface area (Å²) in [6.07, 6.45) is 0. The number of pyridine rings is 1. The molecule has 2 rings (SSSR count). The van der Waals surface area contributed by atoms with Gasteiger partial charge in [-0.25, -0.2) is 18.4 Å². The monoisotopic (exact) mass is 288 g/mol. The maximum absolute atomic E-state index is 12.0. The highest BCUT2D eigenvalue weighted by Crippen LogP contribution is 2.18. The van der Waals surface area contributed by atoms with Crippen LogP contribution in [-0.2, 0) is 15.6 Å². The van der Waals surface area contributed by atoms with Crippen LogP contribution < -0.4 is 0 Å². The fourth-order valence-electron chi connectivity index (χ4n) is 1.29. The maximum Gasteiger partial charge on any atom is 0.202 e. The van der Waals surface area contributed by atoms with Crippen molar-refractivity contribution in [2.45, 2.75) is 17.7 Å². The number of nitrogens with zero attached hydrogens (tertiary/aromatic N) is 2. The van der Waals surface area contributed by atoms with Crippen LogP contribution in [0.2, 0.25) is 5.15 Å². The summed E-state index contributed by atoms with van der Waals surface area (Å²) in [4.78, 5) is 7.92. The number of aryl methyl sites for hydroxylation is 1. The van der Waals surface area contributed by atoms with Crippen LogP contribution in [0.3, 0.4) is 0 Å². The van der Waals surface area contributed by atoms with Gasteiger partial charge in [0, 0.05) is 5.38 Å². The first kappa shape index (κ1) is 12.5. The van der Waals surface area contributed by atoms with Crippen molar-refractivity contribution in [3.8, 4) is 0 Å². The molecule has 17 heavy (non-hydrogen) atoms. The molecule has 90 valence electrons. The van der Waals surface area contributed by atoms with Crippen LogP contribution in [0.5, 0.6) is 0 Å². The molecule has 0 radical (unpaired) electrons. The third kappa shape index (κ3) is 3.02. The predicted octanol–water partition coefficient (Wildman–Crippen LogP) is 2.47. The lowest BCUT2D eigenvalue weighted by Gasteiger charge is -2.01. The summed E-state index contributed by atoms with van der Waals surface area (Å²) in [5.74, 6) is -0.184. The topological polar surface area (TPSA) is 59.9 Å². The first-order valence-corrected chi connectivity index (χ1v) is 7.65. The van der Waals surface area contributed by atoms with Crippen LogP contribution >= 0.6 is 22.9 Å². The zero-order valence-corrected chi connectivity index (χ0v) is 11.3. The van der Waals surface area contributed by atoms with E-state index in [1.807, 2.05) is 0 Å². The molecule has 0 N–H and O–H groups in total. The molecule has 0 unspecified atom stereocenters. The van der Waals surface area contributed by atoms with Crippen molar-refractivity contribution >= 4 is 32.8 Å². The summed E-state index contributed by atoms with van der Waals surface area (Å²) in [6, 6.07) is 4.90. The molecule has 0 saturated heterocycles. The van der Waals surface area contributed by atoms with E-state index in [4.69, 9.17) is 11.6 Å². The van der Waals surface area contributed by atoms with Crippen LogP contribution in [0.25, 0.3) is 0 Å². The summed E-state index contributed by atoms with van der Waals surface area (Å²) in [5, 5.41) is 2.64. The van der Waals surface area contributed by atoms with E-state index in [2.05, 4.69) is 9.97 Å². The molecule has 0 amide bonds. The van der Waals surface area contributed by atoms with Gasteiger partial charge in [0.05, 0.1) is 16.5 Å². The normalized spacial score (nSPS) is 11.6. The lowest BCUT2D eigenvalue weighted by Crippen LogP contribution is -2.06. The van der Waals surface area contributed by atoms with Crippen LogP contribution in [0, 0.1) is 6.92 Å². The van der Waals surface area contributed by atoms with Gasteiger partial charge in [0.2, 0.25) is 9.84 Å². The Bertz CT molecular complexity index is 637. The van der Waals surface area contributed by atoms with Crippen molar-refractivity contribution in [1.29, 1.82) is 0 Å². The summed E-state index contributed by atoms with van der Waals surface area (Å²) >= 11 is 7.01. The van der Waals surface area contributed by atoms with E-state index in [1.165, 1.54) is 16.7 Å². The van der Waals surface area contributed by atoms with Gasteiger partial charge in [0.25, 0.3) is 0 Å². The van der Waals surface area contributed by atoms with Gasteiger partial charge < -0.3 is 0 Å². The largest absolute Gasteiger partial charge is 0.240 e. The van der Waals surface area contributed by atoms with Crippen molar-refractivity contribution in [1.82, 2.24) is 9.97 Å². The predicted molar refractivity (Wildman–Crippen MR) is 67.0 cm³/mol. The second-order valence-electron chi connectivity index (χ2n) is 3.42. The first-order valence-electron chi connectivity index (χ1n) is 4.74. The van der Waals surface area contributed by atoms with Gasteiger partial charge in [0.15, 0.2) is 5.03 Å². The van der Waals surface area contributed by atoms with E-state index in [1.54, 1.807) is 25.1 Å². The third-order valence-electron chi connectivity index (χ3n) is 2.03. The summed E-state index contributed by atoms with van der Waals surface area (Å²) in [7, 11) is -3.43. The SMILES string of the molecule is Cc1nc(S(=O)(=O)Cc2cccc(Cl)n2)cs1. The second-order valence-corrected chi connectivity index (χ2v) is 6.80. The number of thiazole rings is 1. The zero-order chi connectivity index (χ0) is 12.5. The summed E-state index contributed by atoms with van der Waals surface area (Å²) in [6.45, 7) is 1.77. The molecule has 0 spiro atoms. The van der Waals surface area contributed by atoms with E-state index in [-0.39, 0.29) is 15.9 Å². The molecule has 2 heterocycles. The molecular formula is C10H9ClN2O2S2. The molecule has 0 bridgehead atoms. The van der Waals surface area contributed by atoms with Crippen LogP contribution in [0.4, 0.5) is 0 Å². The summed E-state index contributed by atoms with van der Waals surface area (Å²) < 4.78 is 24.0. The lowest BCUT2D eigenvalue weighted by molar-refractivity contribution is 0.591. The Balaban J connectivity index is 2.29. The molecular weight excluding hydrogens is 280 g/mol. The molecule has 2 aromatic heterocycles. The highest BCUT2D eigenvalue weighted by Gasteiger charge is 2.19. The number of aromatic nitrogens is 2. The average Bonchev–Trinajstić information content (AvgIpc) is 2.65. The van der Waals surface area contributed by atoms with Crippen molar-refractivity contribution in [2.24, 2.45) is 0 Å². The summed E-state index contributed by atoms with van der Waals surface area (Å²) in [5.41, 5.74) is 0.420. The van der Waals surface area contributed by atoms with Crippen molar-refractivity contribution in [3.63, 3.8) is 0 Å². The maximum atomic E-state index is 12.0. The Morgan fingerprint density at radius 2 is 2.12 bits per heavy atom. The Kier molecular flexibility index (Phi) is 3.46. The van der Waals surface area contributed by atoms with Crippen molar-refractivity contribution < 1.29 is 8.42 Å². The number of rotatable bonds is 3. The van der Waals surface area contributed by atoms with Gasteiger partial charge in [0.1, 0.15) is 5.15 Å². The Morgan fingerprint density at radius 3 is 2.71 bits per heavy atom. The number of halogens is 1. The van der Waals surface area contributed by atoms with E-state index >= 15 is 0 Å². The molecule has 0 aromatic carbocycles. The van der Waals surface area contributed by atoms with Gasteiger partial charge in [-0.3, -0.25) is 0 Å². The Labute approximate surface area is 108 Å². The fraction of sp³-hybridized carbons (Fsp3) is 0.200. The molecule has 2 aromatic rings. The lowest BCUT2D eigenvalue weighted by atomic mass is 10.4. The molecule has 0 saturated carbocycles.